The zero-order valence-electron chi connectivity index (χ0n) is 10.7. The molecule has 0 N–H and O–H groups in total. The second kappa shape index (κ2) is 4.26. The maximum atomic E-state index is 5.87. The molecule has 0 amide bonds. The predicted molar refractivity (Wildman–Crippen MR) is 65.6 cm³/mol. The predicted octanol–water partition coefficient (Wildman–Crippen LogP) is 4.30. The van der Waals surface area contributed by atoms with Gasteiger partial charge in [0.15, 0.2) is 0 Å². The normalized spacial score (nSPS) is 11.9. The molecular formula is C14H22O. The molecule has 1 rings (SSSR count). The van der Waals surface area contributed by atoms with Crippen LogP contribution in [-0.2, 0) is 0 Å². The molecule has 0 bridgehead atoms. The number of rotatable bonds is 2. The molecule has 0 unspecified atom stereocenters. The Hall–Kier alpha value is -0.980. The van der Waals surface area contributed by atoms with E-state index in [0.717, 1.165) is 5.75 Å². The number of hydrogen-bond acceptors (Lipinski definition) is 1. The van der Waals surface area contributed by atoms with Gasteiger partial charge in [0.05, 0.1) is 0 Å². The van der Waals surface area contributed by atoms with Crippen LogP contribution in [0.1, 0.15) is 51.7 Å². The van der Waals surface area contributed by atoms with Crippen molar-refractivity contribution in [3.8, 4) is 5.75 Å². The van der Waals surface area contributed by atoms with Crippen LogP contribution in [0.25, 0.3) is 0 Å². The number of benzene rings is 1. The second-order valence-corrected chi connectivity index (χ2v) is 5.39. The van der Waals surface area contributed by atoms with Gasteiger partial charge < -0.3 is 4.74 Å². The van der Waals surface area contributed by atoms with Gasteiger partial charge in [-0.25, -0.2) is 0 Å². The molecule has 1 aromatic carbocycles. The Morgan fingerprint density at radius 1 is 1.13 bits per heavy atom. The van der Waals surface area contributed by atoms with Crippen LogP contribution in [0.5, 0.6) is 5.75 Å². The van der Waals surface area contributed by atoms with E-state index in [1.807, 2.05) is 0 Å². The Morgan fingerprint density at radius 2 is 1.73 bits per heavy atom. The number of hydrogen-bond donors (Lipinski definition) is 0. The molecule has 0 aliphatic heterocycles. The van der Waals surface area contributed by atoms with Crippen LogP contribution in [-0.4, -0.2) is 5.60 Å². The van der Waals surface area contributed by atoms with Crippen LogP contribution < -0.4 is 4.74 Å². The van der Waals surface area contributed by atoms with Crippen LogP contribution in [0.2, 0.25) is 0 Å². The zero-order valence-corrected chi connectivity index (χ0v) is 10.7. The molecule has 1 aromatic rings. The Morgan fingerprint density at radius 3 is 2.13 bits per heavy atom. The van der Waals surface area contributed by atoms with E-state index >= 15 is 0 Å². The highest BCUT2D eigenvalue weighted by molar-refractivity contribution is 5.37. The topological polar surface area (TPSA) is 9.23 Å². The van der Waals surface area contributed by atoms with Crippen molar-refractivity contribution in [3.63, 3.8) is 0 Å². The highest BCUT2D eigenvalue weighted by Crippen LogP contribution is 2.26. The smallest absolute Gasteiger partial charge is 0.123 e. The summed E-state index contributed by atoms with van der Waals surface area (Å²) in [6.07, 6.45) is 0. The molecular weight excluding hydrogens is 184 g/mol. The van der Waals surface area contributed by atoms with Crippen molar-refractivity contribution in [1.29, 1.82) is 0 Å². The van der Waals surface area contributed by atoms with Gasteiger partial charge in [-0.05, 0) is 50.8 Å². The first-order valence-electron chi connectivity index (χ1n) is 5.59. The standard InChI is InChI=1S/C14H22O/c1-10(2)12-7-8-13(11(3)9-12)15-14(4,5)6/h7-10H,1-6H3. The molecule has 0 radical (unpaired) electrons. The van der Waals surface area contributed by atoms with Gasteiger partial charge in [0.2, 0.25) is 0 Å². The van der Waals surface area contributed by atoms with E-state index in [0.29, 0.717) is 5.92 Å². The molecule has 15 heavy (non-hydrogen) atoms. The minimum Gasteiger partial charge on any atom is -0.488 e. The SMILES string of the molecule is Cc1cc(C(C)C)ccc1OC(C)(C)C. The maximum absolute atomic E-state index is 5.87. The van der Waals surface area contributed by atoms with Crippen LogP contribution in [0.15, 0.2) is 18.2 Å². The zero-order chi connectivity index (χ0) is 11.6. The van der Waals surface area contributed by atoms with Gasteiger partial charge in [-0.2, -0.15) is 0 Å². The van der Waals surface area contributed by atoms with Gasteiger partial charge in [-0.3, -0.25) is 0 Å². The molecule has 0 aliphatic rings. The molecule has 0 heterocycles. The van der Waals surface area contributed by atoms with E-state index < -0.39 is 0 Å². The number of aryl methyl sites for hydroxylation is 1. The van der Waals surface area contributed by atoms with Crippen molar-refractivity contribution in [2.45, 2.75) is 53.1 Å². The fraction of sp³-hybridized carbons (Fsp3) is 0.571. The molecule has 0 aliphatic carbocycles. The lowest BCUT2D eigenvalue weighted by molar-refractivity contribution is 0.130. The molecule has 0 saturated heterocycles. The Labute approximate surface area is 93.5 Å². The number of ether oxygens (including phenoxy) is 1. The first-order chi connectivity index (χ1) is 6.79. The summed E-state index contributed by atoms with van der Waals surface area (Å²) in [7, 11) is 0. The monoisotopic (exact) mass is 206 g/mol. The minimum atomic E-state index is -0.121. The maximum Gasteiger partial charge on any atom is 0.123 e. The van der Waals surface area contributed by atoms with Crippen molar-refractivity contribution < 1.29 is 4.74 Å². The molecule has 0 aromatic heterocycles. The quantitative estimate of drug-likeness (QED) is 0.701. The van der Waals surface area contributed by atoms with E-state index in [1.165, 1.54) is 11.1 Å². The highest BCUT2D eigenvalue weighted by Gasteiger charge is 2.13. The average Bonchev–Trinajstić information content (AvgIpc) is 2.05. The second-order valence-electron chi connectivity index (χ2n) is 5.39. The Bertz CT molecular complexity index is 332. The van der Waals surface area contributed by atoms with Crippen molar-refractivity contribution >= 4 is 0 Å². The summed E-state index contributed by atoms with van der Waals surface area (Å²) < 4.78 is 5.87. The third-order valence-electron chi connectivity index (χ3n) is 2.28. The summed E-state index contributed by atoms with van der Waals surface area (Å²) in [4.78, 5) is 0. The summed E-state index contributed by atoms with van der Waals surface area (Å²) in [5, 5.41) is 0. The highest BCUT2D eigenvalue weighted by atomic mass is 16.5. The van der Waals surface area contributed by atoms with Crippen molar-refractivity contribution in [2.24, 2.45) is 0 Å². The van der Waals surface area contributed by atoms with Gasteiger partial charge in [0, 0.05) is 0 Å². The van der Waals surface area contributed by atoms with Crippen molar-refractivity contribution in [3.05, 3.63) is 29.3 Å². The fourth-order valence-electron chi connectivity index (χ4n) is 1.48. The van der Waals surface area contributed by atoms with E-state index in [4.69, 9.17) is 4.74 Å². The summed E-state index contributed by atoms with van der Waals surface area (Å²) in [6.45, 7) is 12.7. The molecule has 0 saturated carbocycles. The summed E-state index contributed by atoms with van der Waals surface area (Å²) >= 11 is 0. The van der Waals surface area contributed by atoms with E-state index in [9.17, 15) is 0 Å². The van der Waals surface area contributed by atoms with Gasteiger partial charge >= 0.3 is 0 Å². The largest absolute Gasteiger partial charge is 0.488 e. The lowest BCUT2D eigenvalue weighted by Gasteiger charge is -2.23. The first kappa shape index (κ1) is 12.1. The summed E-state index contributed by atoms with van der Waals surface area (Å²) in [5.41, 5.74) is 2.47. The molecule has 84 valence electrons. The Kier molecular flexibility index (Phi) is 3.43. The van der Waals surface area contributed by atoms with Gasteiger partial charge in [-0.15, -0.1) is 0 Å². The van der Waals surface area contributed by atoms with Crippen LogP contribution in [0.4, 0.5) is 0 Å². The minimum absolute atomic E-state index is 0.121. The van der Waals surface area contributed by atoms with Gasteiger partial charge in [0.25, 0.3) is 0 Å². The molecule has 1 nitrogen and oxygen atoms in total. The van der Waals surface area contributed by atoms with Crippen molar-refractivity contribution in [1.82, 2.24) is 0 Å². The van der Waals surface area contributed by atoms with Crippen LogP contribution in [0, 0.1) is 6.92 Å². The molecule has 0 spiro atoms. The van der Waals surface area contributed by atoms with E-state index in [1.54, 1.807) is 0 Å². The van der Waals surface area contributed by atoms with Gasteiger partial charge in [-0.1, -0.05) is 26.0 Å². The average molecular weight is 206 g/mol. The van der Waals surface area contributed by atoms with E-state index in [-0.39, 0.29) is 5.60 Å². The third-order valence-corrected chi connectivity index (χ3v) is 2.28. The van der Waals surface area contributed by atoms with Crippen LogP contribution in [0.3, 0.4) is 0 Å². The lowest BCUT2D eigenvalue weighted by atomic mass is 10.0. The van der Waals surface area contributed by atoms with Gasteiger partial charge in [0.1, 0.15) is 11.4 Å². The summed E-state index contributed by atoms with van der Waals surface area (Å²) in [6, 6.07) is 6.44. The fourth-order valence-corrected chi connectivity index (χ4v) is 1.48. The van der Waals surface area contributed by atoms with E-state index in [2.05, 4.69) is 59.7 Å². The Balaban J connectivity index is 2.94. The first-order valence-corrected chi connectivity index (χ1v) is 5.59. The lowest BCUT2D eigenvalue weighted by Crippen LogP contribution is -2.23. The third kappa shape index (κ3) is 3.58. The summed E-state index contributed by atoms with van der Waals surface area (Å²) in [5.74, 6) is 1.57. The van der Waals surface area contributed by atoms with Crippen LogP contribution >= 0.6 is 0 Å². The molecule has 0 atom stereocenters. The van der Waals surface area contributed by atoms with Crippen molar-refractivity contribution in [2.75, 3.05) is 0 Å². The molecule has 1 heteroatoms. The molecule has 0 fully saturated rings.